The molecule has 0 aliphatic carbocycles. The van der Waals surface area contributed by atoms with Crippen LogP contribution in [0.5, 0.6) is 11.5 Å². The van der Waals surface area contributed by atoms with Crippen molar-refractivity contribution in [2.45, 2.75) is 11.3 Å². The number of morpholine rings is 1. The van der Waals surface area contributed by atoms with E-state index in [9.17, 15) is 27.8 Å². The van der Waals surface area contributed by atoms with Crippen molar-refractivity contribution in [1.29, 1.82) is 0 Å². The zero-order valence-electron chi connectivity index (χ0n) is 19.9. The number of phenolic OH excluding ortho intramolecular Hbond substituents is 2. The first-order chi connectivity index (χ1) is 17.7. The van der Waals surface area contributed by atoms with Gasteiger partial charge in [-0.2, -0.15) is 0 Å². The Balaban J connectivity index is 1.40. The van der Waals surface area contributed by atoms with E-state index in [1.54, 1.807) is 6.07 Å². The minimum Gasteiger partial charge on any atom is -0.507 e. The number of phenols is 2. The average molecular weight is 531 g/mol. The van der Waals surface area contributed by atoms with Crippen LogP contribution in [-0.2, 0) is 19.5 Å². The molecule has 0 bridgehead atoms. The van der Waals surface area contributed by atoms with Crippen molar-refractivity contribution in [3.63, 3.8) is 0 Å². The molecule has 3 N–H and O–H groups in total. The second-order valence-corrected chi connectivity index (χ2v) is 10.2. The molecule has 1 heterocycles. The van der Waals surface area contributed by atoms with Crippen LogP contribution in [0.3, 0.4) is 0 Å². The Labute approximate surface area is 214 Å². The summed E-state index contributed by atoms with van der Waals surface area (Å²) in [5, 5.41) is 20.4. The van der Waals surface area contributed by atoms with Gasteiger partial charge in [-0.15, -0.1) is 0 Å². The maximum Gasteiger partial charge on any atom is 0.341 e. The number of aromatic hydroxyl groups is 2. The molecule has 1 saturated heterocycles. The number of sulfonamides is 1. The molecular weight excluding hydrogens is 503 g/mol. The van der Waals surface area contributed by atoms with E-state index in [4.69, 9.17) is 9.47 Å². The maximum atomic E-state index is 13.6. The number of anilines is 1. The molecule has 4 rings (SSSR count). The zero-order valence-corrected chi connectivity index (χ0v) is 20.7. The van der Waals surface area contributed by atoms with Crippen LogP contribution in [0.1, 0.15) is 16.8 Å². The summed E-state index contributed by atoms with van der Waals surface area (Å²) in [6.45, 7) is 4.00. The lowest BCUT2D eigenvalue weighted by atomic mass is 10.0. The van der Waals surface area contributed by atoms with Gasteiger partial charge in [-0.25, -0.2) is 17.6 Å². The highest BCUT2D eigenvalue weighted by Gasteiger charge is 2.19. The van der Waals surface area contributed by atoms with Crippen molar-refractivity contribution >= 4 is 21.7 Å². The first-order valence-electron chi connectivity index (χ1n) is 11.6. The smallest absolute Gasteiger partial charge is 0.341 e. The van der Waals surface area contributed by atoms with Gasteiger partial charge < -0.3 is 19.7 Å². The molecule has 3 aromatic rings. The highest BCUT2D eigenvalue weighted by Crippen LogP contribution is 2.32. The third-order valence-electron chi connectivity index (χ3n) is 5.84. The average Bonchev–Trinajstić information content (AvgIpc) is 2.88. The predicted molar refractivity (Wildman–Crippen MR) is 135 cm³/mol. The molecule has 0 atom stereocenters. The van der Waals surface area contributed by atoms with E-state index < -0.39 is 27.6 Å². The number of esters is 1. The Bertz CT molecular complexity index is 1380. The molecular formula is C26H27FN2O7S. The minimum absolute atomic E-state index is 0.0281. The van der Waals surface area contributed by atoms with Gasteiger partial charge in [0.15, 0.2) is 0 Å². The monoisotopic (exact) mass is 530 g/mol. The third kappa shape index (κ3) is 6.76. The quantitative estimate of drug-likeness (QED) is 0.283. The van der Waals surface area contributed by atoms with Crippen molar-refractivity contribution in [3.05, 3.63) is 72.0 Å². The molecule has 0 aromatic heterocycles. The van der Waals surface area contributed by atoms with Gasteiger partial charge in [0.2, 0.25) is 0 Å². The van der Waals surface area contributed by atoms with Crippen molar-refractivity contribution in [1.82, 2.24) is 4.90 Å². The number of hydrogen-bond acceptors (Lipinski definition) is 8. The summed E-state index contributed by atoms with van der Waals surface area (Å²) < 4.78 is 52.4. The number of rotatable bonds is 9. The highest BCUT2D eigenvalue weighted by atomic mass is 32.2. The van der Waals surface area contributed by atoms with Crippen molar-refractivity contribution in [2.24, 2.45) is 0 Å². The fourth-order valence-electron chi connectivity index (χ4n) is 3.91. The van der Waals surface area contributed by atoms with Crippen molar-refractivity contribution in [2.75, 3.05) is 44.2 Å². The van der Waals surface area contributed by atoms with Crippen LogP contribution >= 0.6 is 0 Å². The normalized spacial score (nSPS) is 14.3. The van der Waals surface area contributed by atoms with E-state index in [0.717, 1.165) is 37.8 Å². The van der Waals surface area contributed by atoms with E-state index in [1.165, 1.54) is 36.4 Å². The number of ether oxygens (including phenoxy) is 2. The van der Waals surface area contributed by atoms with Crippen molar-refractivity contribution < 1.29 is 37.3 Å². The zero-order chi connectivity index (χ0) is 26.4. The highest BCUT2D eigenvalue weighted by molar-refractivity contribution is 7.92. The number of nitrogens with one attached hydrogen (secondary N) is 1. The molecule has 9 nitrogen and oxygen atoms in total. The Morgan fingerprint density at radius 1 is 1.03 bits per heavy atom. The van der Waals surface area contributed by atoms with Gasteiger partial charge in [-0.1, -0.05) is 12.1 Å². The molecule has 0 saturated carbocycles. The largest absolute Gasteiger partial charge is 0.507 e. The molecule has 3 aromatic carbocycles. The van der Waals surface area contributed by atoms with Gasteiger partial charge in [0, 0.05) is 31.3 Å². The second-order valence-electron chi connectivity index (χ2n) is 8.47. The molecule has 37 heavy (non-hydrogen) atoms. The lowest BCUT2D eigenvalue weighted by Crippen LogP contribution is -2.37. The minimum atomic E-state index is -4.11. The third-order valence-corrected chi connectivity index (χ3v) is 7.22. The van der Waals surface area contributed by atoms with Gasteiger partial charge in [0.25, 0.3) is 10.0 Å². The number of carbonyl (C=O) groups excluding carboxylic acids is 1. The van der Waals surface area contributed by atoms with E-state index in [0.29, 0.717) is 25.2 Å². The molecule has 11 heteroatoms. The Hall–Kier alpha value is -3.67. The summed E-state index contributed by atoms with van der Waals surface area (Å²) in [5.41, 5.74) is 0.384. The Morgan fingerprint density at radius 3 is 2.57 bits per heavy atom. The van der Waals surface area contributed by atoms with Crippen LogP contribution < -0.4 is 4.72 Å². The number of benzene rings is 3. The van der Waals surface area contributed by atoms with Gasteiger partial charge in [-0.3, -0.25) is 9.62 Å². The topological polar surface area (TPSA) is 125 Å². The Kier molecular flexibility index (Phi) is 8.27. The first-order valence-corrected chi connectivity index (χ1v) is 13.1. The van der Waals surface area contributed by atoms with Gasteiger partial charge in [-0.05, 0) is 54.4 Å². The molecule has 0 radical (unpaired) electrons. The summed E-state index contributed by atoms with van der Waals surface area (Å²) in [4.78, 5) is 14.4. The summed E-state index contributed by atoms with van der Waals surface area (Å²) in [5.74, 6) is -1.92. The van der Waals surface area contributed by atoms with Crippen LogP contribution in [0.2, 0.25) is 0 Å². The maximum absolute atomic E-state index is 13.6. The summed E-state index contributed by atoms with van der Waals surface area (Å²) in [6, 6.07) is 12.7. The van der Waals surface area contributed by atoms with Gasteiger partial charge in [0.1, 0.15) is 22.9 Å². The first kappa shape index (κ1) is 26.4. The SMILES string of the molecule is O=C(OCCCN1CCOCC1)c1ccc(NS(=O)(=O)c2cccc(-c3cc(F)ccc3O)c2)cc1O. The Morgan fingerprint density at radius 2 is 1.81 bits per heavy atom. The number of hydrogen-bond donors (Lipinski definition) is 3. The number of nitrogens with zero attached hydrogens (tertiary/aromatic N) is 1. The van der Waals surface area contributed by atoms with E-state index in [2.05, 4.69) is 9.62 Å². The van der Waals surface area contributed by atoms with Gasteiger partial charge >= 0.3 is 5.97 Å². The van der Waals surface area contributed by atoms with E-state index >= 15 is 0 Å². The molecule has 1 fully saturated rings. The van der Waals surface area contributed by atoms with Crippen LogP contribution in [-0.4, -0.2) is 69.0 Å². The fraction of sp³-hybridized carbons (Fsp3) is 0.269. The number of halogens is 1. The molecule has 196 valence electrons. The lowest BCUT2D eigenvalue weighted by Gasteiger charge is -2.26. The van der Waals surface area contributed by atoms with Crippen LogP contribution in [0, 0.1) is 5.82 Å². The van der Waals surface area contributed by atoms with Gasteiger partial charge in [0.05, 0.1) is 30.4 Å². The fourth-order valence-corrected chi connectivity index (χ4v) is 5.00. The second kappa shape index (κ2) is 11.6. The summed E-state index contributed by atoms with van der Waals surface area (Å²) in [6.07, 6.45) is 0.636. The van der Waals surface area contributed by atoms with Crippen LogP contribution in [0.4, 0.5) is 10.1 Å². The lowest BCUT2D eigenvalue weighted by molar-refractivity contribution is 0.0297. The summed E-state index contributed by atoms with van der Waals surface area (Å²) >= 11 is 0. The van der Waals surface area contributed by atoms with E-state index in [-0.39, 0.29) is 34.1 Å². The number of carbonyl (C=O) groups is 1. The molecule has 0 unspecified atom stereocenters. The summed E-state index contributed by atoms with van der Waals surface area (Å²) in [7, 11) is -4.11. The van der Waals surface area contributed by atoms with E-state index in [1.807, 2.05) is 0 Å². The van der Waals surface area contributed by atoms with Crippen LogP contribution in [0.15, 0.2) is 65.6 Å². The molecule has 0 spiro atoms. The standard InChI is InChI=1S/C26H27FN2O7S/c27-19-5-8-24(30)23(16-19)18-3-1-4-21(15-18)37(33,34)28-20-6-7-22(25(31)17-20)26(32)36-12-2-9-29-10-13-35-14-11-29/h1,3-8,15-17,28,30-31H,2,9-14H2. The van der Waals surface area contributed by atoms with Crippen molar-refractivity contribution in [3.8, 4) is 22.6 Å². The molecule has 1 aliphatic rings. The predicted octanol–water partition coefficient (Wildman–Crippen LogP) is 3.58. The molecule has 1 aliphatic heterocycles. The van der Waals surface area contributed by atoms with Crippen LogP contribution in [0.25, 0.3) is 11.1 Å². The molecule has 0 amide bonds.